The fourth-order valence-corrected chi connectivity index (χ4v) is 5.75. The summed E-state index contributed by atoms with van der Waals surface area (Å²) in [6, 6.07) is 20.8. The normalized spacial score (nSPS) is 11.8. The second-order valence-electron chi connectivity index (χ2n) is 9.44. The first-order chi connectivity index (χ1) is 21.2. The van der Waals surface area contributed by atoms with E-state index in [9.17, 15) is 23.2 Å². The van der Waals surface area contributed by atoms with Gasteiger partial charge in [0, 0.05) is 21.3 Å². The van der Waals surface area contributed by atoms with Crippen LogP contribution in [0.15, 0.2) is 93.8 Å². The first kappa shape index (κ1) is 32.6. The van der Waals surface area contributed by atoms with E-state index in [0.29, 0.717) is 28.3 Å². The molecular formula is C29H19BrCl2F2N3O7P. The van der Waals surface area contributed by atoms with Gasteiger partial charge in [0.05, 0.1) is 22.2 Å². The Kier molecular flexibility index (Phi) is 9.31. The molecule has 4 aromatic carbocycles. The van der Waals surface area contributed by atoms with Crippen molar-refractivity contribution in [2.24, 2.45) is 0 Å². The highest BCUT2D eigenvalue weighted by Gasteiger charge is 2.51. The molecule has 3 N–H and O–H groups in total. The van der Waals surface area contributed by atoms with Crippen molar-refractivity contribution in [2.75, 3.05) is 4.90 Å². The number of aromatic carboxylic acids is 1. The molecule has 0 bridgehead atoms. The molecule has 0 radical (unpaired) electrons. The van der Waals surface area contributed by atoms with Crippen molar-refractivity contribution in [3.8, 4) is 23.0 Å². The third kappa shape index (κ3) is 7.19. The van der Waals surface area contributed by atoms with Gasteiger partial charge in [0.25, 0.3) is 0 Å². The maximum Gasteiger partial charge on any atom is 0.399 e. The lowest BCUT2D eigenvalue weighted by Crippen LogP contribution is -2.18. The summed E-state index contributed by atoms with van der Waals surface area (Å²) in [4.78, 5) is 31.1. The minimum atomic E-state index is -5.79. The van der Waals surface area contributed by atoms with Crippen molar-refractivity contribution in [1.82, 2.24) is 10.2 Å². The fourth-order valence-electron chi connectivity index (χ4n) is 4.13. The number of carboxylic acid groups (broad SMARTS) is 1. The summed E-state index contributed by atoms with van der Waals surface area (Å²) in [6.07, 6.45) is 0. The largest absolute Gasteiger partial charge is 0.478 e. The SMILES string of the molecule is O=C(O)c1cccc(Oc2cccc(-c3nnc(N(Cc4ccc(C(F)(F)P(=O)(O)O)c(Br)c4)c4ccc(Cl)c(Cl)c4)o3)c2)c1. The van der Waals surface area contributed by atoms with Gasteiger partial charge in [-0.15, -0.1) is 5.10 Å². The third-order valence-electron chi connectivity index (χ3n) is 6.32. The van der Waals surface area contributed by atoms with Gasteiger partial charge in [-0.25, -0.2) is 4.79 Å². The van der Waals surface area contributed by atoms with Crippen LogP contribution in [0.3, 0.4) is 0 Å². The first-order valence-corrected chi connectivity index (χ1v) is 15.8. The summed E-state index contributed by atoms with van der Waals surface area (Å²) in [7, 11) is -5.79. The maximum absolute atomic E-state index is 14.4. The minimum Gasteiger partial charge on any atom is -0.478 e. The van der Waals surface area contributed by atoms with E-state index >= 15 is 0 Å². The number of rotatable bonds is 10. The number of benzene rings is 4. The van der Waals surface area contributed by atoms with Gasteiger partial charge in [0.1, 0.15) is 11.5 Å². The Hall–Kier alpha value is -3.84. The zero-order chi connectivity index (χ0) is 32.5. The monoisotopic (exact) mass is 739 g/mol. The molecule has 10 nitrogen and oxygen atoms in total. The molecule has 1 heterocycles. The molecule has 5 aromatic rings. The number of carbonyl (C=O) groups is 1. The van der Waals surface area contributed by atoms with Crippen LogP contribution in [-0.4, -0.2) is 31.1 Å². The predicted octanol–water partition coefficient (Wildman–Crippen LogP) is 8.86. The first-order valence-electron chi connectivity index (χ1n) is 12.6. The molecule has 16 heteroatoms. The number of halogens is 5. The predicted molar refractivity (Wildman–Crippen MR) is 166 cm³/mol. The highest BCUT2D eigenvalue weighted by Crippen LogP contribution is 2.60. The number of anilines is 2. The molecule has 0 atom stereocenters. The van der Waals surface area contributed by atoms with Crippen molar-refractivity contribution in [3.63, 3.8) is 0 Å². The molecule has 232 valence electrons. The summed E-state index contributed by atoms with van der Waals surface area (Å²) in [5.74, 6) is -0.327. The molecule has 0 saturated heterocycles. The van der Waals surface area contributed by atoms with Crippen LogP contribution in [0, 0.1) is 0 Å². The smallest absolute Gasteiger partial charge is 0.399 e. The molecule has 0 amide bonds. The number of ether oxygens (including phenoxy) is 1. The van der Waals surface area contributed by atoms with Gasteiger partial charge in [0.15, 0.2) is 0 Å². The Bertz CT molecular complexity index is 1960. The molecule has 0 unspecified atom stereocenters. The number of nitrogens with zero attached hydrogens (tertiary/aromatic N) is 3. The van der Waals surface area contributed by atoms with E-state index in [0.717, 1.165) is 6.07 Å². The highest BCUT2D eigenvalue weighted by atomic mass is 79.9. The van der Waals surface area contributed by atoms with Gasteiger partial charge in [-0.05, 0) is 66.2 Å². The Morgan fingerprint density at radius 1 is 0.956 bits per heavy atom. The van der Waals surface area contributed by atoms with E-state index in [2.05, 4.69) is 26.1 Å². The standard InChI is InChI=1S/C29H19BrCl2F2N3O7P/c30-23-11-16(7-9-22(23)29(33,34)45(40,41)42)15-37(19-8-10-24(31)25(32)14-19)28-36-35-26(44-28)17-3-1-5-20(12-17)43-21-6-2-4-18(13-21)27(38)39/h1-14H,15H2,(H,38,39)(H2,40,41,42). The number of aromatic nitrogens is 2. The number of hydrogen-bond donors (Lipinski definition) is 3. The lowest BCUT2D eigenvalue weighted by molar-refractivity contribution is 0.0557. The van der Waals surface area contributed by atoms with E-state index < -0.39 is 24.8 Å². The average Bonchev–Trinajstić information content (AvgIpc) is 3.47. The molecule has 1 aromatic heterocycles. The Labute approximate surface area is 272 Å². The number of hydrogen-bond acceptors (Lipinski definition) is 7. The molecule has 0 aliphatic carbocycles. The van der Waals surface area contributed by atoms with Crippen LogP contribution < -0.4 is 9.64 Å². The highest BCUT2D eigenvalue weighted by molar-refractivity contribution is 9.10. The lowest BCUT2D eigenvalue weighted by Gasteiger charge is -2.23. The van der Waals surface area contributed by atoms with E-state index in [-0.39, 0.29) is 38.5 Å². The summed E-state index contributed by atoms with van der Waals surface area (Å²) >= 11 is 15.4. The third-order valence-corrected chi connectivity index (χ3v) is 8.69. The van der Waals surface area contributed by atoms with E-state index in [1.807, 2.05) is 0 Å². The van der Waals surface area contributed by atoms with Gasteiger partial charge < -0.3 is 24.0 Å². The summed E-state index contributed by atoms with van der Waals surface area (Å²) in [5, 5.41) is 18.1. The van der Waals surface area contributed by atoms with E-state index in [4.69, 9.17) is 42.1 Å². The second-order valence-corrected chi connectivity index (χ2v) is 12.8. The quantitative estimate of drug-likeness (QED) is 0.119. The average molecular weight is 741 g/mol. The van der Waals surface area contributed by atoms with Gasteiger partial charge in [0.2, 0.25) is 5.89 Å². The van der Waals surface area contributed by atoms with Crippen molar-refractivity contribution >= 4 is 64.4 Å². The Morgan fingerprint density at radius 3 is 2.33 bits per heavy atom. The van der Waals surface area contributed by atoms with Gasteiger partial charge in [-0.3, -0.25) is 9.46 Å². The summed E-state index contributed by atoms with van der Waals surface area (Å²) in [5.41, 5.74) is -3.87. The summed E-state index contributed by atoms with van der Waals surface area (Å²) < 4.78 is 51.8. The minimum absolute atomic E-state index is 0.00961. The van der Waals surface area contributed by atoms with Crippen molar-refractivity contribution in [2.45, 2.75) is 12.2 Å². The molecular weight excluding hydrogens is 722 g/mol. The van der Waals surface area contributed by atoms with Crippen LogP contribution in [-0.2, 0) is 16.8 Å². The topological polar surface area (TPSA) is 146 Å². The van der Waals surface area contributed by atoms with Crippen LogP contribution in [0.4, 0.5) is 20.5 Å². The van der Waals surface area contributed by atoms with Gasteiger partial charge in [-0.1, -0.05) is 68.5 Å². The molecule has 0 saturated carbocycles. The molecule has 5 rings (SSSR count). The van der Waals surface area contributed by atoms with Crippen LogP contribution >= 0.6 is 46.7 Å². The molecule has 45 heavy (non-hydrogen) atoms. The molecule has 0 aliphatic rings. The van der Waals surface area contributed by atoms with Crippen LogP contribution in [0.5, 0.6) is 11.5 Å². The zero-order valence-electron chi connectivity index (χ0n) is 22.4. The molecule has 0 aliphatic heterocycles. The Balaban J connectivity index is 1.47. The lowest BCUT2D eigenvalue weighted by atomic mass is 10.1. The summed E-state index contributed by atoms with van der Waals surface area (Å²) in [6.45, 7) is -0.0248. The number of carboxylic acids is 1. The van der Waals surface area contributed by atoms with Crippen molar-refractivity contribution in [3.05, 3.63) is 116 Å². The van der Waals surface area contributed by atoms with Crippen LogP contribution in [0.2, 0.25) is 10.0 Å². The second kappa shape index (κ2) is 12.9. The Morgan fingerprint density at radius 2 is 1.67 bits per heavy atom. The maximum atomic E-state index is 14.4. The van der Waals surface area contributed by atoms with Gasteiger partial charge >= 0.3 is 25.2 Å². The fraction of sp³-hybridized carbons (Fsp3) is 0.0690. The van der Waals surface area contributed by atoms with Crippen LogP contribution in [0.25, 0.3) is 11.5 Å². The zero-order valence-corrected chi connectivity index (χ0v) is 26.4. The van der Waals surface area contributed by atoms with Crippen LogP contribution in [0.1, 0.15) is 21.5 Å². The molecule has 0 spiro atoms. The molecule has 0 fully saturated rings. The van der Waals surface area contributed by atoms with Crippen molar-refractivity contribution < 1.29 is 42.2 Å². The van der Waals surface area contributed by atoms with Crippen molar-refractivity contribution in [1.29, 1.82) is 0 Å². The number of alkyl halides is 2. The van der Waals surface area contributed by atoms with E-state index in [1.165, 1.54) is 24.3 Å². The van der Waals surface area contributed by atoms with Gasteiger partial charge in [-0.2, -0.15) is 8.78 Å². The van der Waals surface area contributed by atoms with E-state index in [1.54, 1.807) is 59.5 Å².